The van der Waals surface area contributed by atoms with Gasteiger partial charge in [0, 0.05) is 50.1 Å². The average molecular weight is 745 g/mol. The van der Waals surface area contributed by atoms with Crippen LogP contribution >= 0.6 is 0 Å². The maximum atomic E-state index is 6.63. The number of fused-ring (bicyclic) bond motifs is 13. The number of aromatic nitrogens is 3. The Morgan fingerprint density at radius 1 is 0.552 bits per heavy atom. The largest absolute Gasteiger partial charge is 0.455 e. The molecule has 58 heavy (non-hydrogen) atoms. The fraction of sp³-hybridized carbons (Fsp3) is 0.0385. The van der Waals surface area contributed by atoms with Gasteiger partial charge in [-0.25, -0.2) is 9.98 Å². The van der Waals surface area contributed by atoms with E-state index in [1.54, 1.807) is 0 Å². The van der Waals surface area contributed by atoms with Crippen molar-refractivity contribution in [3.05, 3.63) is 192 Å². The molecule has 272 valence electrons. The summed E-state index contributed by atoms with van der Waals surface area (Å²) >= 11 is 0. The first-order valence-corrected chi connectivity index (χ1v) is 19.8. The summed E-state index contributed by atoms with van der Waals surface area (Å²) in [5, 5.41) is 5.59. The molecule has 0 amide bonds. The van der Waals surface area contributed by atoms with Crippen molar-refractivity contribution in [1.29, 1.82) is 0 Å². The first-order valence-electron chi connectivity index (χ1n) is 19.8. The Bertz CT molecular complexity index is 3640. The Hall–Kier alpha value is -7.70. The van der Waals surface area contributed by atoms with Gasteiger partial charge >= 0.3 is 0 Å². The molecule has 0 bridgehead atoms. The van der Waals surface area contributed by atoms with Crippen LogP contribution in [0, 0.1) is 0 Å². The zero-order valence-electron chi connectivity index (χ0n) is 31.2. The lowest BCUT2D eigenvalue weighted by Crippen LogP contribution is -2.22. The van der Waals surface area contributed by atoms with Gasteiger partial charge in [0.05, 0.1) is 27.8 Å². The van der Waals surface area contributed by atoms with Crippen molar-refractivity contribution in [2.45, 2.75) is 12.8 Å². The van der Waals surface area contributed by atoms with E-state index >= 15 is 0 Å². The molecular weight excluding hydrogens is 713 g/mol. The van der Waals surface area contributed by atoms with E-state index in [1.807, 2.05) is 18.2 Å². The van der Waals surface area contributed by atoms with E-state index < -0.39 is 0 Å². The van der Waals surface area contributed by atoms with Crippen molar-refractivity contribution in [3.8, 4) is 11.1 Å². The molecule has 6 nitrogen and oxygen atoms in total. The molecule has 1 aliphatic heterocycles. The molecule has 7 aromatic carbocycles. The molecule has 6 heteroatoms. The number of benzene rings is 7. The van der Waals surface area contributed by atoms with E-state index in [2.05, 4.69) is 161 Å². The second-order valence-corrected chi connectivity index (χ2v) is 15.2. The minimum absolute atomic E-state index is 0.673. The highest BCUT2D eigenvalue weighted by molar-refractivity contribution is 6.18. The van der Waals surface area contributed by atoms with Crippen LogP contribution in [0.25, 0.3) is 88.5 Å². The predicted octanol–water partition coefficient (Wildman–Crippen LogP) is 13.3. The van der Waals surface area contributed by atoms with Crippen LogP contribution in [0.3, 0.4) is 0 Å². The van der Waals surface area contributed by atoms with Gasteiger partial charge in [0.15, 0.2) is 0 Å². The van der Waals surface area contributed by atoms with Gasteiger partial charge in [-0.15, -0.1) is 0 Å². The number of allylic oxidation sites excluding steroid dienone is 2. The number of imidazole rings is 1. The highest BCUT2D eigenvalue weighted by Gasteiger charge is 2.27. The van der Waals surface area contributed by atoms with Crippen LogP contribution in [-0.4, -0.2) is 20.1 Å². The molecule has 4 aromatic heterocycles. The normalized spacial score (nSPS) is 13.9. The van der Waals surface area contributed by atoms with Crippen LogP contribution in [0.5, 0.6) is 0 Å². The van der Waals surface area contributed by atoms with E-state index in [-0.39, 0.29) is 0 Å². The summed E-state index contributed by atoms with van der Waals surface area (Å²) in [7, 11) is 0. The number of furan rings is 2. The monoisotopic (exact) mass is 744 g/mol. The van der Waals surface area contributed by atoms with E-state index in [0.29, 0.717) is 6.42 Å². The molecule has 0 saturated heterocycles. The summed E-state index contributed by atoms with van der Waals surface area (Å²) in [5.41, 5.74) is 14.3. The van der Waals surface area contributed by atoms with Gasteiger partial charge < -0.3 is 8.83 Å². The second kappa shape index (κ2) is 11.9. The first-order chi connectivity index (χ1) is 28.7. The summed E-state index contributed by atoms with van der Waals surface area (Å²) < 4.78 is 17.8. The van der Waals surface area contributed by atoms with Crippen LogP contribution in [0.2, 0.25) is 0 Å². The van der Waals surface area contributed by atoms with Crippen molar-refractivity contribution in [2.75, 3.05) is 0 Å². The van der Waals surface area contributed by atoms with Crippen molar-refractivity contribution in [2.24, 2.45) is 4.99 Å². The van der Waals surface area contributed by atoms with E-state index in [9.17, 15) is 0 Å². The molecular formula is C52H32N4O2. The number of hydrogen-bond donors (Lipinski definition) is 0. The minimum atomic E-state index is 0.673. The Morgan fingerprint density at radius 2 is 1.28 bits per heavy atom. The molecule has 0 spiro atoms. The summed E-state index contributed by atoms with van der Waals surface area (Å²) in [5.74, 6) is 2.65. The molecule has 0 atom stereocenters. The van der Waals surface area contributed by atoms with Gasteiger partial charge in [0.1, 0.15) is 28.3 Å². The number of rotatable bonds is 2. The Morgan fingerprint density at radius 3 is 2.17 bits per heavy atom. The molecule has 13 rings (SSSR count). The Labute approximate surface area is 331 Å². The molecule has 0 radical (unpaired) electrons. The van der Waals surface area contributed by atoms with Crippen molar-refractivity contribution >= 4 is 89.0 Å². The average Bonchev–Trinajstić information content (AvgIpc) is 3.96. The fourth-order valence-corrected chi connectivity index (χ4v) is 9.36. The predicted molar refractivity (Wildman–Crippen MR) is 236 cm³/mol. The number of nitrogens with zero attached hydrogens (tertiary/aromatic N) is 4. The molecule has 11 aromatic rings. The van der Waals surface area contributed by atoms with Gasteiger partial charge in [-0.3, -0.25) is 9.13 Å². The van der Waals surface area contributed by atoms with Gasteiger partial charge in [-0.05, 0) is 77.7 Å². The first kappa shape index (κ1) is 31.5. The molecule has 5 heterocycles. The maximum Gasteiger partial charge on any atom is 0.221 e. The van der Waals surface area contributed by atoms with E-state index in [4.69, 9.17) is 18.8 Å². The third-order valence-corrected chi connectivity index (χ3v) is 12.0. The zero-order chi connectivity index (χ0) is 37.9. The lowest BCUT2D eigenvalue weighted by molar-refractivity contribution is 0.599. The van der Waals surface area contributed by atoms with Crippen molar-refractivity contribution in [1.82, 2.24) is 14.1 Å². The van der Waals surface area contributed by atoms with Crippen LogP contribution in [-0.2, 0) is 6.42 Å². The Kier molecular flexibility index (Phi) is 6.46. The molecule has 1 aliphatic carbocycles. The lowest BCUT2D eigenvalue weighted by atomic mass is 9.97. The second-order valence-electron chi connectivity index (χ2n) is 15.2. The van der Waals surface area contributed by atoms with Crippen molar-refractivity contribution in [3.63, 3.8) is 0 Å². The quantitative estimate of drug-likeness (QED) is 0.177. The smallest absolute Gasteiger partial charge is 0.221 e. The summed E-state index contributed by atoms with van der Waals surface area (Å²) in [6, 6.07) is 53.4. The van der Waals surface area contributed by atoms with Gasteiger partial charge in [0.25, 0.3) is 0 Å². The Balaban J connectivity index is 1.11. The van der Waals surface area contributed by atoms with Crippen LogP contribution in [0.4, 0.5) is 5.69 Å². The highest BCUT2D eigenvalue weighted by atomic mass is 16.3. The molecule has 0 N–H and O–H groups in total. The van der Waals surface area contributed by atoms with E-state index in [1.165, 1.54) is 0 Å². The molecule has 0 unspecified atom stereocenters. The summed E-state index contributed by atoms with van der Waals surface area (Å²) in [6.07, 6.45) is 8.20. The van der Waals surface area contributed by atoms with Crippen LogP contribution < -0.4 is 0 Å². The van der Waals surface area contributed by atoms with Crippen molar-refractivity contribution < 1.29 is 8.83 Å². The number of hydrogen-bond acceptors (Lipinski definition) is 4. The lowest BCUT2D eigenvalue weighted by Gasteiger charge is -2.15. The molecule has 0 fully saturated rings. The SMILES string of the molecule is C1=Cc2c(oc3ccccc23)C(c2ccc3c(c2)c2cc(-c4cccc5c4oc4ccccc45)ccc2n3C2=Nc3ccccc3Cc3nc4ccccc4n32)=CC1. The maximum absolute atomic E-state index is 6.63. The fourth-order valence-electron chi connectivity index (χ4n) is 9.36. The molecule has 2 aliphatic rings. The minimum Gasteiger partial charge on any atom is -0.455 e. The summed E-state index contributed by atoms with van der Waals surface area (Å²) in [4.78, 5) is 10.7. The van der Waals surface area contributed by atoms with Gasteiger partial charge in [0.2, 0.25) is 5.96 Å². The third-order valence-electron chi connectivity index (χ3n) is 12.0. The highest BCUT2D eigenvalue weighted by Crippen LogP contribution is 2.42. The third kappa shape index (κ3) is 4.48. The summed E-state index contributed by atoms with van der Waals surface area (Å²) in [6.45, 7) is 0. The number of aliphatic imine (C=N–C) groups is 1. The number of para-hydroxylation sites is 6. The van der Waals surface area contributed by atoms with Gasteiger partial charge in [-0.1, -0.05) is 115 Å². The van der Waals surface area contributed by atoms with Crippen LogP contribution in [0.15, 0.2) is 178 Å². The zero-order valence-corrected chi connectivity index (χ0v) is 31.2. The van der Waals surface area contributed by atoms with Crippen LogP contribution in [0.1, 0.15) is 34.7 Å². The topological polar surface area (TPSA) is 61.4 Å². The van der Waals surface area contributed by atoms with Gasteiger partial charge in [-0.2, -0.15) is 0 Å². The van der Waals surface area contributed by atoms with E-state index in [0.717, 1.165) is 129 Å². The molecule has 0 saturated carbocycles. The standard InChI is InChI=1S/C52H32N4O2/c1-6-19-42-33(12-1)30-49-53-43-20-7-8-21-46(43)56(49)52(54-42)55-44-26-24-31(34-13-2-3-16-38-36-14-4-9-22-47(36)57-50(34)38)28-40(44)41-29-32(25-27-45(41)55)35-17-11-18-39-37-15-5-10-23-48(37)58-51(35)39/h1,3-29H,2,30H2.